The standard InChI is InChI=1S/C9H8ClN5S/c10-8-5-7(3-4-11-8)16-9-12-13-14-15(9)6-1-2-6/h3-6H,1-2H2. The number of halogens is 1. The van der Waals surface area contributed by atoms with Gasteiger partial charge in [0, 0.05) is 11.1 Å². The average molecular weight is 254 g/mol. The van der Waals surface area contributed by atoms with Crippen LogP contribution in [0.3, 0.4) is 0 Å². The van der Waals surface area contributed by atoms with Gasteiger partial charge < -0.3 is 0 Å². The summed E-state index contributed by atoms with van der Waals surface area (Å²) < 4.78 is 1.87. The maximum Gasteiger partial charge on any atom is 0.214 e. The lowest BCUT2D eigenvalue weighted by molar-refractivity contribution is 0.565. The molecule has 0 amide bonds. The van der Waals surface area contributed by atoms with Crippen LogP contribution >= 0.6 is 23.4 Å². The van der Waals surface area contributed by atoms with Crippen molar-refractivity contribution in [3.05, 3.63) is 23.5 Å². The van der Waals surface area contributed by atoms with Crippen LogP contribution in [-0.4, -0.2) is 25.2 Å². The Hall–Kier alpha value is -1.14. The van der Waals surface area contributed by atoms with Crippen LogP contribution in [0, 0.1) is 0 Å². The van der Waals surface area contributed by atoms with E-state index in [1.54, 1.807) is 12.3 Å². The van der Waals surface area contributed by atoms with E-state index in [4.69, 9.17) is 11.6 Å². The Morgan fingerprint density at radius 2 is 2.31 bits per heavy atom. The van der Waals surface area contributed by atoms with Crippen molar-refractivity contribution in [3.63, 3.8) is 0 Å². The molecule has 16 heavy (non-hydrogen) atoms. The Balaban J connectivity index is 1.85. The summed E-state index contributed by atoms with van der Waals surface area (Å²) in [4.78, 5) is 4.93. The van der Waals surface area contributed by atoms with Gasteiger partial charge in [0.1, 0.15) is 5.15 Å². The molecule has 5 nitrogen and oxygen atoms in total. The minimum Gasteiger partial charge on any atom is -0.244 e. The van der Waals surface area contributed by atoms with Gasteiger partial charge in [-0.2, -0.15) is 0 Å². The molecule has 3 rings (SSSR count). The summed E-state index contributed by atoms with van der Waals surface area (Å²) in [5.74, 6) is 0. The van der Waals surface area contributed by atoms with Gasteiger partial charge in [-0.25, -0.2) is 9.67 Å². The first-order chi connectivity index (χ1) is 7.83. The molecule has 0 aromatic carbocycles. The second kappa shape index (κ2) is 4.03. The summed E-state index contributed by atoms with van der Waals surface area (Å²) in [7, 11) is 0. The third kappa shape index (κ3) is 2.03. The van der Waals surface area contributed by atoms with Crippen molar-refractivity contribution in [1.29, 1.82) is 0 Å². The van der Waals surface area contributed by atoms with E-state index in [0.717, 1.165) is 22.9 Å². The normalized spacial score (nSPS) is 15.3. The van der Waals surface area contributed by atoms with Gasteiger partial charge in [-0.05, 0) is 47.2 Å². The Kier molecular flexibility index (Phi) is 2.53. The van der Waals surface area contributed by atoms with Crippen LogP contribution in [0.15, 0.2) is 28.4 Å². The number of pyridine rings is 1. The summed E-state index contributed by atoms with van der Waals surface area (Å²) >= 11 is 7.32. The molecule has 0 atom stereocenters. The van der Waals surface area contributed by atoms with Crippen LogP contribution < -0.4 is 0 Å². The number of aromatic nitrogens is 5. The summed E-state index contributed by atoms with van der Waals surface area (Å²) in [6.07, 6.45) is 4.00. The number of hydrogen-bond donors (Lipinski definition) is 0. The van der Waals surface area contributed by atoms with Crippen LogP contribution in [0.5, 0.6) is 0 Å². The lowest BCUT2D eigenvalue weighted by atomic mass is 10.5. The molecule has 1 fully saturated rings. The highest BCUT2D eigenvalue weighted by atomic mass is 35.5. The first-order valence-corrected chi connectivity index (χ1v) is 6.09. The van der Waals surface area contributed by atoms with Crippen molar-refractivity contribution in [2.75, 3.05) is 0 Å². The molecule has 1 saturated carbocycles. The van der Waals surface area contributed by atoms with E-state index < -0.39 is 0 Å². The first kappa shape index (κ1) is 10.0. The van der Waals surface area contributed by atoms with Gasteiger partial charge in [0.2, 0.25) is 5.16 Å². The summed E-state index contributed by atoms with van der Waals surface area (Å²) in [5, 5.41) is 13.0. The zero-order valence-electron chi connectivity index (χ0n) is 8.25. The second-order valence-electron chi connectivity index (χ2n) is 3.55. The van der Waals surface area contributed by atoms with Gasteiger partial charge in [-0.1, -0.05) is 11.6 Å². The fourth-order valence-electron chi connectivity index (χ4n) is 1.35. The number of nitrogens with zero attached hydrogens (tertiary/aromatic N) is 5. The van der Waals surface area contributed by atoms with Crippen molar-refractivity contribution < 1.29 is 0 Å². The molecule has 0 aliphatic heterocycles. The SMILES string of the molecule is Clc1cc(Sc2nnnn2C2CC2)ccn1. The third-order valence-electron chi connectivity index (χ3n) is 2.26. The van der Waals surface area contributed by atoms with E-state index in [2.05, 4.69) is 20.5 Å². The monoisotopic (exact) mass is 253 g/mol. The van der Waals surface area contributed by atoms with Crippen LogP contribution in [0.1, 0.15) is 18.9 Å². The minimum atomic E-state index is 0.481. The molecule has 0 spiro atoms. The molecule has 1 aliphatic rings. The third-order valence-corrected chi connectivity index (χ3v) is 3.41. The van der Waals surface area contributed by atoms with E-state index in [1.807, 2.05) is 10.7 Å². The van der Waals surface area contributed by atoms with E-state index in [0.29, 0.717) is 11.2 Å². The lowest BCUT2D eigenvalue weighted by Gasteiger charge is -2.01. The van der Waals surface area contributed by atoms with E-state index in [1.165, 1.54) is 11.8 Å². The van der Waals surface area contributed by atoms with Gasteiger partial charge in [0.25, 0.3) is 0 Å². The van der Waals surface area contributed by atoms with E-state index in [-0.39, 0.29) is 0 Å². The predicted molar refractivity (Wildman–Crippen MR) is 59.5 cm³/mol. The molecule has 1 aliphatic carbocycles. The lowest BCUT2D eigenvalue weighted by Crippen LogP contribution is -1.98. The number of rotatable bonds is 3. The molecule has 2 aromatic heterocycles. The van der Waals surface area contributed by atoms with Crippen molar-refractivity contribution in [2.45, 2.75) is 28.9 Å². The van der Waals surface area contributed by atoms with Gasteiger partial charge in [0.15, 0.2) is 0 Å². The fourth-order valence-corrected chi connectivity index (χ4v) is 2.46. The van der Waals surface area contributed by atoms with Gasteiger partial charge >= 0.3 is 0 Å². The van der Waals surface area contributed by atoms with E-state index in [9.17, 15) is 0 Å². The van der Waals surface area contributed by atoms with Gasteiger partial charge in [-0.3, -0.25) is 0 Å². The van der Waals surface area contributed by atoms with Gasteiger partial charge in [0.05, 0.1) is 6.04 Å². The zero-order valence-corrected chi connectivity index (χ0v) is 9.82. The van der Waals surface area contributed by atoms with E-state index >= 15 is 0 Å². The summed E-state index contributed by atoms with van der Waals surface area (Å²) in [6.45, 7) is 0. The Morgan fingerprint density at radius 1 is 1.44 bits per heavy atom. The molecule has 0 bridgehead atoms. The highest BCUT2D eigenvalue weighted by molar-refractivity contribution is 7.99. The Bertz CT molecular complexity index is 510. The summed E-state index contributed by atoms with van der Waals surface area (Å²) in [6, 6.07) is 4.18. The van der Waals surface area contributed by atoms with Crippen molar-refractivity contribution in [2.24, 2.45) is 0 Å². The molecule has 82 valence electrons. The quantitative estimate of drug-likeness (QED) is 0.785. The largest absolute Gasteiger partial charge is 0.244 e. The smallest absolute Gasteiger partial charge is 0.214 e. The molecule has 0 saturated heterocycles. The van der Waals surface area contributed by atoms with Crippen LogP contribution in [0.2, 0.25) is 5.15 Å². The molecule has 0 radical (unpaired) electrons. The molecule has 0 N–H and O–H groups in total. The molecule has 2 aromatic rings. The van der Waals surface area contributed by atoms with Crippen LogP contribution in [0.4, 0.5) is 0 Å². The first-order valence-electron chi connectivity index (χ1n) is 4.90. The Labute approximate surface area is 101 Å². The minimum absolute atomic E-state index is 0.481. The van der Waals surface area contributed by atoms with Gasteiger partial charge in [-0.15, -0.1) is 5.10 Å². The van der Waals surface area contributed by atoms with Crippen LogP contribution in [0.25, 0.3) is 0 Å². The fraction of sp³-hybridized carbons (Fsp3) is 0.333. The number of hydrogen-bond acceptors (Lipinski definition) is 5. The Morgan fingerprint density at radius 3 is 3.06 bits per heavy atom. The molecular formula is C9H8ClN5S. The molecule has 0 unspecified atom stereocenters. The topological polar surface area (TPSA) is 56.5 Å². The average Bonchev–Trinajstić information content (AvgIpc) is 3.00. The second-order valence-corrected chi connectivity index (χ2v) is 4.98. The molecule has 7 heteroatoms. The van der Waals surface area contributed by atoms with Crippen molar-refractivity contribution in [1.82, 2.24) is 25.2 Å². The highest BCUT2D eigenvalue weighted by Gasteiger charge is 2.28. The molecule has 2 heterocycles. The van der Waals surface area contributed by atoms with Crippen molar-refractivity contribution >= 4 is 23.4 Å². The highest BCUT2D eigenvalue weighted by Crippen LogP contribution is 2.37. The van der Waals surface area contributed by atoms with Crippen LogP contribution in [-0.2, 0) is 0 Å². The predicted octanol–water partition coefficient (Wildman–Crippen LogP) is 2.21. The maximum absolute atomic E-state index is 5.82. The maximum atomic E-state index is 5.82. The van der Waals surface area contributed by atoms with Crippen molar-refractivity contribution in [3.8, 4) is 0 Å². The summed E-state index contributed by atoms with van der Waals surface area (Å²) in [5.41, 5.74) is 0. The molecular weight excluding hydrogens is 246 g/mol. The zero-order chi connectivity index (χ0) is 11.0. The number of tetrazole rings is 1.